The molecule has 1 amide bonds. The Hall–Kier alpha value is -2.99. The second-order valence-corrected chi connectivity index (χ2v) is 7.63. The molecule has 2 aromatic carbocycles. The van der Waals surface area contributed by atoms with E-state index in [1.807, 2.05) is 31.2 Å². The molecule has 0 saturated heterocycles. The quantitative estimate of drug-likeness (QED) is 0.668. The minimum absolute atomic E-state index is 0.145. The number of amides is 1. The molecule has 1 aliphatic heterocycles. The fourth-order valence-corrected chi connectivity index (χ4v) is 4.73. The first-order chi connectivity index (χ1) is 12.9. The third-order valence-corrected chi connectivity index (χ3v) is 5.97. The Balaban J connectivity index is 1.94. The van der Waals surface area contributed by atoms with E-state index in [1.54, 1.807) is 0 Å². The highest BCUT2D eigenvalue weighted by atomic mass is 32.1. The van der Waals surface area contributed by atoms with E-state index < -0.39 is 11.8 Å². The zero-order valence-electron chi connectivity index (χ0n) is 14.5. The summed E-state index contributed by atoms with van der Waals surface area (Å²) in [5.74, 6) is -1.83. The lowest BCUT2D eigenvalue weighted by Gasteiger charge is -2.24. The van der Waals surface area contributed by atoms with Crippen molar-refractivity contribution in [3.63, 3.8) is 0 Å². The SMILES string of the molecule is Cc1cccc([C@@H]2CC(=O)Nc3c2sc(C(=O)O)c3-c2ccc(F)cc2)c1. The van der Waals surface area contributed by atoms with E-state index in [4.69, 9.17) is 0 Å². The van der Waals surface area contributed by atoms with Crippen LogP contribution in [0, 0.1) is 12.7 Å². The number of nitrogens with one attached hydrogen (secondary N) is 1. The summed E-state index contributed by atoms with van der Waals surface area (Å²) in [7, 11) is 0. The van der Waals surface area contributed by atoms with Gasteiger partial charge in [-0.1, -0.05) is 42.0 Å². The average molecular weight is 381 g/mol. The Morgan fingerprint density at radius 3 is 2.63 bits per heavy atom. The third-order valence-electron chi connectivity index (χ3n) is 4.68. The third kappa shape index (κ3) is 3.13. The van der Waals surface area contributed by atoms with Crippen molar-refractivity contribution in [1.29, 1.82) is 0 Å². The number of benzene rings is 2. The number of hydrogen-bond donors (Lipinski definition) is 2. The van der Waals surface area contributed by atoms with Crippen LogP contribution < -0.4 is 5.32 Å². The van der Waals surface area contributed by atoms with Crippen LogP contribution in [0.4, 0.5) is 10.1 Å². The maximum absolute atomic E-state index is 13.3. The Morgan fingerprint density at radius 1 is 1.22 bits per heavy atom. The van der Waals surface area contributed by atoms with Crippen molar-refractivity contribution in [1.82, 2.24) is 0 Å². The second-order valence-electron chi connectivity index (χ2n) is 6.58. The van der Waals surface area contributed by atoms with Gasteiger partial charge in [-0.05, 0) is 30.2 Å². The highest BCUT2D eigenvalue weighted by Crippen LogP contribution is 2.49. The molecular formula is C21H16FNO3S. The summed E-state index contributed by atoms with van der Waals surface area (Å²) < 4.78 is 13.3. The average Bonchev–Trinajstić information content (AvgIpc) is 3.01. The van der Waals surface area contributed by atoms with Gasteiger partial charge in [0.15, 0.2) is 0 Å². The van der Waals surface area contributed by atoms with Crippen LogP contribution in [0.5, 0.6) is 0 Å². The number of hydrogen-bond acceptors (Lipinski definition) is 3. The summed E-state index contributed by atoms with van der Waals surface area (Å²) in [4.78, 5) is 25.2. The van der Waals surface area contributed by atoms with E-state index >= 15 is 0 Å². The molecule has 1 aromatic heterocycles. The van der Waals surface area contributed by atoms with Crippen molar-refractivity contribution in [3.05, 3.63) is 75.2 Å². The maximum Gasteiger partial charge on any atom is 0.346 e. The molecular weight excluding hydrogens is 365 g/mol. The van der Waals surface area contributed by atoms with E-state index in [2.05, 4.69) is 5.32 Å². The van der Waals surface area contributed by atoms with Crippen molar-refractivity contribution < 1.29 is 19.1 Å². The van der Waals surface area contributed by atoms with Crippen molar-refractivity contribution in [2.45, 2.75) is 19.3 Å². The summed E-state index contributed by atoms with van der Waals surface area (Å²) >= 11 is 1.17. The number of fused-ring (bicyclic) bond motifs is 1. The normalized spacial score (nSPS) is 15.9. The van der Waals surface area contributed by atoms with E-state index in [1.165, 1.54) is 35.6 Å². The van der Waals surface area contributed by atoms with Gasteiger partial charge in [0.25, 0.3) is 0 Å². The van der Waals surface area contributed by atoms with Gasteiger partial charge in [-0.2, -0.15) is 0 Å². The smallest absolute Gasteiger partial charge is 0.346 e. The topological polar surface area (TPSA) is 66.4 Å². The van der Waals surface area contributed by atoms with Crippen molar-refractivity contribution in [2.24, 2.45) is 0 Å². The molecule has 0 fully saturated rings. The van der Waals surface area contributed by atoms with Crippen molar-refractivity contribution in [3.8, 4) is 11.1 Å². The molecule has 2 heterocycles. The number of carboxylic acids is 1. The zero-order chi connectivity index (χ0) is 19.1. The Morgan fingerprint density at radius 2 is 1.96 bits per heavy atom. The first-order valence-corrected chi connectivity index (χ1v) is 9.28. The molecule has 0 radical (unpaired) electrons. The summed E-state index contributed by atoms with van der Waals surface area (Å²) in [5.41, 5.74) is 3.58. The maximum atomic E-state index is 13.3. The lowest BCUT2D eigenvalue weighted by Crippen LogP contribution is -2.22. The number of carbonyl (C=O) groups is 2. The number of halogens is 1. The number of aryl methyl sites for hydroxylation is 1. The molecule has 6 heteroatoms. The zero-order valence-corrected chi connectivity index (χ0v) is 15.3. The van der Waals surface area contributed by atoms with Crippen molar-refractivity contribution >= 4 is 28.9 Å². The molecule has 0 saturated carbocycles. The van der Waals surface area contributed by atoms with Crippen LogP contribution in [0.2, 0.25) is 0 Å². The first-order valence-electron chi connectivity index (χ1n) is 8.46. The van der Waals surface area contributed by atoms with Crippen molar-refractivity contribution in [2.75, 3.05) is 5.32 Å². The van der Waals surface area contributed by atoms with E-state index in [0.717, 1.165) is 16.0 Å². The predicted molar refractivity (Wildman–Crippen MR) is 103 cm³/mol. The molecule has 1 atom stereocenters. The Bertz CT molecular complexity index is 1060. The van der Waals surface area contributed by atoms with Gasteiger partial charge < -0.3 is 10.4 Å². The number of carbonyl (C=O) groups excluding carboxylic acids is 1. The molecule has 4 nitrogen and oxygen atoms in total. The molecule has 1 aliphatic rings. The van der Waals surface area contributed by atoms with Gasteiger partial charge in [0.1, 0.15) is 10.7 Å². The summed E-state index contributed by atoms with van der Waals surface area (Å²) in [6.07, 6.45) is 0.263. The number of anilines is 1. The number of rotatable bonds is 3. The summed E-state index contributed by atoms with van der Waals surface area (Å²) in [5, 5.41) is 12.6. The van der Waals surface area contributed by atoms with E-state index in [0.29, 0.717) is 16.8 Å². The molecule has 3 aromatic rings. The molecule has 2 N–H and O–H groups in total. The van der Waals surface area contributed by atoms with Crippen LogP contribution in [0.25, 0.3) is 11.1 Å². The Kier molecular flexibility index (Phi) is 4.28. The number of aromatic carboxylic acids is 1. The largest absolute Gasteiger partial charge is 0.477 e. The van der Waals surface area contributed by atoms with Crippen LogP contribution in [-0.2, 0) is 4.79 Å². The summed E-state index contributed by atoms with van der Waals surface area (Å²) in [6, 6.07) is 13.5. The Labute approximate surface area is 159 Å². The minimum atomic E-state index is -1.06. The highest BCUT2D eigenvalue weighted by molar-refractivity contribution is 7.15. The van der Waals surface area contributed by atoms with Crippen LogP contribution in [0.1, 0.15) is 38.0 Å². The molecule has 27 heavy (non-hydrogen) atoms. The van der Waals surface area contributed by atoms with Crippen LogP contribution in [0.3, 0.4) is 0 Å². The van der Waals surface area contributed by atoms with Gasteiger partial charge in [-0.25, -0.2) is 9.18 Å². The van der Waals surface area contributed by atoms with Gasteiger partial charge >= 0.3 is 5.97 Å². The molecule has 0 unspecified atom stereocenters. The molecule has 136 valence electrons. The molecule has 4 rings (SSSR count). The molecule has 0 bridgehead atoms. The van der Waals surface area contributed by atoms with Crippen LogP contribution in [0.15, 0.2) is 48.5 Å². The minimum Gasteiger partial charge on any atom is -0.477 e. The lowest BCUT2D eigenvalue weighted by molar-refractivity contribution is -0.116. The predicted octanol–water partition coefficient (Wildman–Crippen LogP) is 5.03. The first kappa shape index (κ1) is 17.4. The second kappa shape index (κ2) is 6.63. The van der Waals surface area contributed by atoms with Gasteiger partial charge in [0, 0.05) is 22.8 Å². The number of carboxylic acid groups (broad SMARTS) is 1. The van der Waals surface area contributed by atoms with E-state index in [-0.39, 0.29) is 23.1 Å². The van der Waals surface area contributed by atoms with E-state index in [9.17, 15) is 19.1 Å². The van der Waals surface area contributed by atoms with Gasteiger partial charge in [0.05, 0.1) is 5.69 Å². The standard InChI is InChI=1S/C21H16FNO3S/c1-11-3-2-4-13(9-11)15-10-16(24)23-18-17(12-5-7-14(22)8-6-12)20(21(25)26)27-19(15)18/h2-9,15H,10H2,1H3,(H,23,24)(H,25,26)/t15-/m0/s1. The fraction of sp³-hybridized carbons (Fsp3) is 0.143. The monoisotopic (exact) mass is 381 g/mol. The molecule has 0 spiro atoms. The molecule has 0 aliphatic carbocycles. The lowest BCUT2D eigenvalue weighted by atomic mass is 9.88. The van der Waals surface area contributed by atoms with Gasteiger partial charge in [-0.3, -0.25) is 4.79 Å². The van der Waals surface area contributed by atoms with Gasteiger partial charge in [-0.15, -0.1) is 11.3 Å². The fourth-order valence-electron chi connectivity index (χ4n) is 3.49. The number of thiophene rings is 1. The highest BCUT2D eigenvalue weighted by Gasteiger charge is 2.34. The van der Waals surface area contributed by atoms with Crippen LogP contribution in [-0.4, -0.2) is 17.0 Å². The van der Waals surface area contributed by atoms with Crippen LogP contribution >= 0.6 is 11.3 Å². The van der Waals surface area contributed by atoms with Gasteiger partial charge in [0.2, 0.25) is 5.91 Å². The summed E-state index contributed by atoms with van der Waals surface area (Å²) in [6.45, 7) is 1.98.